The average Bonchev–Trinajstić information content (AvgIpc) is 3.38. The topological polar surface area (TPSA) is 117 Å². The largest absolute Gasteiger partial charge is 0.497 e. The van der Waals surface area contributed by atoms with Crippen molar-refractivity contribution in [2.75, 3.05) is 42.7 Å². The SMILES string of the molecule is COc1ccc(NC(=O)CSC2NCC(S(=O)(=O)c3ccc(N4CCCC4)cc3)C(=O)N2)cc1. The molecular formula is C23H28N4O5S2. The Morgan fingerprint density at radius 3 is 2.41 bits per heavy atom. The summed E-state index contributed by atoms with van der Waals surface area (Å²) in [5, 5.41) is 7.22. The Kier molecular flexibility index (Phi) is 7.64. The Hall–Kier alpha value is -2.76. The first-order chi connectivity index (χ1) is 16.4. The van der Waals surface area contributed by atoms with Crippen LogP contribution in [0.3, 0.4) is 0 Å². The number of rotatable bonds is 8. The number of amides is 2. The predicted octanol–water partition coefficient (Wildman–Crippen LogP) is 1.81. The number of benzene rings is 2. The van der Waals surface area contributed by atoms with Gasteiger partial charge in [0.1, 0.15) is 11.2 Å². The van der Waals surface area contributed by atoms with E-state index in [-0.39, 0.29) is 23.1 Å². The molecule has 4 rings (SSSR count). The number of thioether (sulfide) groups is 1. The Morgan fingerprint density at radius 2 is 1.79 bits per heavy atom. The van der Waals surface area contributed by atoms with Gasteiger partial charge in [0.25, 0.3) is 0 Å². The van der Waals surface area contributed by atoms with Crippen LogP contribution >= 0.6 is 11.8 Å². The summed E-state index contributed by atoms with van der Waals surface area (Å²) >= 11 is 1.18. The standard InChI is InChI=1S/C23H28N4O5S2/c1-32-18-8-4-16(5-9-18)25-21(28)15-33-23-24-14-20(22(29)26-23)34(30,31)19-10-6-17(7-11-19)27-12-2-3-13-27/h4-11,20,23-24H,2-3,12-15H2,1H3,(H,25,28)(H,26,29). The second kappa shape index (κ2) is 10.7. The fraction of sp³-hybridized carbons (Fsp3) is 0.391. The van der Waals surface area contributed by atoms with E-state index in [0.717, 1.165) is 31.6 Å². The Bertz CT molecular complexity index is 1120. The fourth-order valence-corrected chi connectivity index (χ4v) is 6.26. The fourth-order valence-electron chi connectivity index (χ4n) is 3.95. The molecule has 2 saturated heterocycles. The molecular weight excluding hydrogens is 476 g/mol. The first-order valence-electron chi connectivity index (χ1n) is 11.0. The zero-order valence-electron chi connectivity index (χ0n) is 18.8. The van der Waals surface area contributed by atoms with Gasteiger partial charge in [-0.1, -0.05) is 0 Å². The molecule has 2 fully saturated rings. The molecule has 2 heterocycles. The predicted molar refractivity (Wildman–Crippen MR) is 133 cm³/mol. The number of methoxy groups -OCH3 is 1. The second-order valence-electron chi connectivity index (χ2n) is 8.11. The highest BCUT2D eigenvalue weighted by atomic mass is 32.2. The van der Waals surface area contributed by atoms with Crippen LogP contribution in [0.25, 0.3) is 0 Å². The van der Waals surface area contributed by atoms with Crippen molar-refractivity contribution in [2.45, 2.75) is 28.5 Å². The molecule has 3 N–H and O–H groups in total. The number of carbonyl (C=O) groups excluding carboxylic acids is 2. The van der Waals surface area contributed by atoms with Gasteiger partial charge in [-0.3, -0.25) is 14.9 Å². The minimum atomic E-state index is -3.84. The van der Waals surface area contributed by atoms with Crippen molar-refractivity contribution in [3.63, 3.8) is 0 Å². The van der Waals surface area contributed by atoms with Gasteiger partial charge in [-0.15, -0.1) is 11.8 Å². The number of ether oxygens (including phenoxy) is 1. The third-order valence-electron chi connectivity index (χ3n) is 5.82. The minimum Gasteiger partial charge on any atom is -0.497 e. The maximum Gasteiger partial charge on any atom is 0.241 e. The number of hydrogen-bond acceptors (Lipinski definition) is 8. The smallest absolute Gasteiger partial charge is 0.241 e. The first-order valence-corrected chi connectivity index (χ1v) is 13.6. The lowest BCUT2D eigenvalue weighted by atomic mass is 10.3. The van der Waals surface area contributed by atoms with Crippen LogP contribution in [0.4, 0.5) is 11.4 Å². The lowest BCUT2D eigenvalue weighted by Gasteiger charge is -2.29. The summed E-state index contributed by atoms with van der Waals surface area (Å²) < 4.78 is 31.2. The monoisotopic (exact) mass is 504 g/mol. The maximum atomic E-state index is 13.1. The zero-order chi connectivity index (χ0) is 24.1. The van der Waals surface area contributed by atoms with Gasteiger partial charge in [-0.25, -0.2) is 8.42 Å². The van der Waals surface area contributed by atoms with Gasteiger partial charge >= 0.3 is 0 Å². The van der Waals surface area contributed by atoms with Gasteiger partial charge in [0.15, 0.2) is 15.1 Å². The van der Waals surface area contributed by atoms with Gasteiger partial charge in [0, 0.05) is 31.0 Å². The molecule has 0 aromatic heterocycles. The quantitative estimate of drug-likeness (QED) is 0.499. The second-order valence-corrected chi connectivity index (χ2v) is 11.3. The molecule has 2 amide bonds. The molecule has 2 atom stereocenters. The number of sulfone groups is 1. The molecule has 34 heavy (non-hydrogen) atoms. The van der Waals surface area contributed by atoms with Crippen LogP contribution in [0.1, 0.15) is 12.8 Å². The van der Waals surface area contributed by atoms with Crippen molar-refractivity contribution < 1.29 is 22.7 Å². The van der Waals surface area contributed by atoms with E-state index in [4.69, 9.17) is 4.74 Å². The molecule has 2 aromatic carbocycles. The Balaban J connectivity index is 1.29. The molecule has 2 aliphatic rings. The van der Waals surface area contributed by atoms with Gasteiger partial charge in [0.2, 0.25) is 11.8 Å². The lowest BCUT2D eigenvalue weighted by Crippen LogP contribution is -2.59. The molecule has 2 aromatic rings. The van der Waals surface area contributed by atoms with Gasteiger partial charge in [-0.05, 0) is 61.4 Å². The normalized spacial score (nSPS) is 20.6. The van der Waals surface area contributed by atoms with Crippen LogP contribution < -0.4 is 25.6 Å². The molecule has 11 heteroatoms. The molecule has 0 bridgehead atoms. The van der Waals surface area contributed by atoms with Crippen molar-refractivity contribution in [1.29, 1.82) is 0 Å². The summed E-state index contributed by atoms with van der Waals surface area (Å²) in [5.74, 6) is -0.0395. The van der Waals surface area contributed by atoms with Crippen molar-refractivity contribution in [3.05, 3.63) is 48.5 Å². The van der Waals surface area contributed by atoms with E-state index in [0.29, 0.717) is 11.4 Å². The molecule has 0 saturated carbocycles. The van der Waals surface area contributed by atoms with Crippen LogP contribution in [-0.2, 0) is 19.4 Å². The van der Waals surface area contributed by atoms with E-state index in [1.54, 1.807) is 55.6 Å². The molecule has 0 radical (unpaired) electrons. The molecule has 9 nitrogen and oxygen atoms in total. The first kappa shape index (κ1) is 24.4. The van der Waals surface area contributed by atoms with Crippen LogP contribution in [-0.4, -0.2) is 63.5 Å². The lowest BCUT2D eigenvalue weighted by molar-refractivity contribution is -0.122. The third kappa shape index (κ3) is 5.65. The van der Waals surface area contributed by atoms with E-state index < -0.39 is 26.5 Å². The van der Waals surface area contributed by atoms with Crippen LogP contribution in [0.2, 0.25) is 0 Å². The van der Waals surface area contributed by atoms with Gasteiger partial charge in [-0.2, -0.15) is 0 Å². The molecule has 182 valence electrons. The van der Waals surface area contributed by atoms with Crippen LogP contribution in [0, 0.1) is 0 Å². The summed E-state index contributed by atoms with van der Waals surface area (Å²) in [6, 6.07) is 13.7. The van der Waals surface area contributed by atoms with E-state index in [1.807, 2.05) is 0 Å². The van der Waals surface area contributed by atoms with Crippen LogP contribution in [0.15, 0.2) is 53.4 Å². The molecule has 0 spiro atoms. The summed E-state index contributed by atoms with van der Waals surface area (Å²) in [6.07, 6.45) is 2.27. The van der Waals surface area contributed by atoms with Crippen molar-refractivity contribution in [2.24, 2.45) is 0 Å². The third-order valence-corrected chi connectivity index (χ3v) is 8.93. The minimum absolute atomic E-state index is 0.0280. The number of carbonyl (C=O) groups is 2. The number of hydrogen-bond donors (Lipinski definition) is 3. The zero-order valence-corrected chi connectivity index (χ0v) is 20.5. The number of nitrogens with zero attached hydrogens (tertiary/aromatic N) is 1. The van der Waals surface area contributed by atoms with Crippen molar-refractivity contribution in [3.8, 4) is 5.75 Å². The van der Waals surface area contributed by atoms with E-state index in [9.17, 15) is 18.0 Å². The van der Waals surface area contributed by atoms with E-state index >= 15 is 0 Å². The highest BCUT2D eigenvalue weighted by Crippen LogP contribution is 2.25. The summed E-state index contributed by atoms with van der Waals surface area (Å²) in [4.78, 5) is 27.2. The molecule has 2 unspecified atom stereocenters. The highest BCUT2D eigenvalue weighted by Gasteiger charge is 2.38. The summed E-state index contributed by atoms with van der Waals surface area (Å²) in [7, 11) is -2.28. The van der Waals surface area contributed by atoms with E-state index in [2.05, 4.69) is 20.9 Å². The molecule has 0 aliphatic carbocycles. The molecule has 2 aliphatic heterocycles. The highest BCUT2D eigenvalue weighted by molar-refractivity contribution is 8.00. The summed E-state index contributed by atoms with van der Waals surface area (Å²) in [5.41, 5.74) is 1.07. The van der Waals surface area contributed by atoms with Gasteiger partial charge in [0.05, 0.1) is 17.8 Å². The van der Waals surface area contributed by atoms with Gasteiger partial charge < -0.3 is 20.3 Å². The Labute approximate surface area is 203 Å². The summed E-state index contributed by atoms with van der Waals surface area (Å²) in [6.45, 7) is 1.91. The Morgan fingerprint density at radius 1 is 1.12 bits per heavy atom. The maximum absolute atomic E-state index is 13.1. The van der Waals surface area contributed by atoms with Crippen molar-refractivity contribution in [1.82, 2.24) is 10.6 Å². The number of nitrogens with one attached hydrogen (secondary N) is 3. The van der Waals surface area contributed by atoms with Crippen LogP contribution in [0.5, 0.6) is 5.75 Å². The average molecular weight is 505 g/mol. The number of anilines is 2. The van der Waals surface area contributed by atoms with Crippen molar-refractivity contribution >= 4 is 44.8 Å². The van der Waals surface area contributed by atoms with E-state index in [1.165, 1.54) is 11.8 Å².